The quantitative estimate of drug-likeness (QED) is 0.754. The molecule has 2 heterocycles. The van der Waals surface area contributed by atoms with Gasteiger partial charge in [-0.2, -0.15) is 0 Å². The normalized spacial score (nSPS) is 12.5. The summed E-state index contributed by atoms with van der Waals surface area (Å²) in [6.45, 7) is 0. The van der Waals surface area contributed by atoms with Crippen LogP contribution in [0.25, 0.3) is 11.0 Å². The van der Waals surface area contributed by atoms with E-state index < -0.39 is 6.04 Å². The summed E-state index contributed by atoms with van der Waals surface area (Å²) in [5.74, 6) is 0.376. The molecule has 20 heavy (non-hydrogen) atoms. The van der Waals surface area contributed by atoms with Gasteiger partial charge in [0.1, 0.15) is 5.82 Å². The Bertz CT molecular complexity index is 774. The Morgan fingerprint density at radius 3 is 2.55 bits per heavy atom. The number of aromatic nitrogens is 3. The summed E-state index contributed by atoms with van der Waals surface area (Å²) in [5, 5.41) is 0.505. The summed E-state index contributed by atoms with van der Waals surface area (Å²) in [5.41, 5.74) is 15.3. The van der Waals surface area contributed by atoms with Crippen molar-refractivity contribution in [3.05, 3.63) is 59.0 Å². The molecule has 2 aromatic heterocycles. The largest absolute Gasteiger partial charge is 0.383 e. The van der Waals surface area contributed by atoms with E-state index >= 15 is 0 Å². The van der Waals surface area contributed by atoms with Crippen molar-refractivity contribution in [1.29, 1.82) is 0 Å². The molecule has 0 saturated heterocycles. The van der Waals surface area contributed by atoms with Crippen molar-refractivity contribution in [3.63, 3.8) is 0 Å². The smallest absolute Gasteiger partial charge is 0.128 e. The van der Waals surface area contributed by atoms with Gasteiger partial charge < -0.3 is 11.5 Å². The Hall–Kier alpha value is -2.24. The maximum atomic E-state index is 6.25. The van der Waals surface area contributed by atoms with Gasteiger partial charge in [0.2, 0.25) is 0 Å². The molecule has 5 nitrogen and oxygen atoms in total. The first kappa shape index (κ1) is 12.8. The number of halogens is 1. The molecule has 1 atom stereocenters. The number of anilines is 1. The van der Waals surface area contributed by atoms with Gasteiger partial charge in [-0.05, 0) is 23.8 Å². The van der Waals surface area contributed by atoms with E-state index in [9.17, 15) is 0 Å². The van der Waals surface area contributed by atoms with Crippen molar-refractivity contribution in [2.24, 2.45) is 5.73 Å². The molecule has 1 aromatic carbocycles. The number of hydrogen-bond acceptors (Lipinski definition) is 5. The highest BCUT2D eigenvalue weighted by atomic mass is 35.5. The second kappa shape index (κ2) is 5.03. The van der Waals surface area contributed by atoms with Gasteiger partial charge in [0, 0.05) is 24.2 Å². The lowest BCUT2D eigenvalue weighted by Crippen LogP contribution is -2.14. The van der Waals surface area contributed by atoms with Crippen LogP contribution in [0.5, 0.6) is 0 Å². The minimum absolute atomic E-state index is 0.376. The van der Waals surface area contributed by atoms with Crippen LogP contribution in [0.4, 0.5) is 5.82 Å². The van der Waals surface area contributed by atoms with Crippen molar-refractivity contribution in [2.75, 3.05) is 5.73 Å². The minimum Gasteiger partial charge on any atom is -0.383 e. The molecule has 0 spiro atoms. The van der Waals surface area contributed by atoms with E-state index in [1.54, 1.807) is 18.5 Å². The highest BCUT2D eigenvalue weighted by molar-refractivity contribution is 6.30. The summed E-state index contributed by atoms with van der Waals surface area (Å²) >= 11 is 5.95. The fourth-order valence-corrected chi connectivity index (χ4v) is 2.23. The molecule has 100 valence electrons. The van der Waals surface area contributed by atoms with E-state index in [2.05, 4.69) is 15.0 Å². The van der Waals surface area contributed by atoms with Crippen LogP contribution in [-0.4, -0.2) is 15.0 Å². The number of nitrogens with two attached hydrogens (primary N) is 2. The standard InChI is InChI=1S/C14H12ClN5/c15-9-6-10(14(17)20-7-9)13(16)8-1-2-11-12(5-8)19-4-3-18-11/h1-7,13H,16H2,(H2,17,20). The number of pyridine rings is 1. The molecule has 0 radical (unpaired) electrons. The molecule has 0 amide bonds. The molecular formula is C14H12ClN5. The Labute approximate surface area is 120 Å². The lowest BCUT2D eigenvalue weighted by atomic mass is 9.99. The van der Waals surface area contributed by atoms with Crippen molar-refractivity contribution in [2.45, 2.75) is 6.04 Å². The van der Waals surface area contributed by atoms with E-state index in [0.717, 1.165) is 16.6 Å². The third-order valence-corrected chi connectivity index (χ3v) is 3.31. The molecule has 0 fully saturated rings. The zero-order chi connectivity index (χ0) is 14.1. The third-order valence-electron chi connectivity index (χ3n) is 3.10. The van der Waals surface area contributed by atoms with Crippen molar-refractivity contribution in [3.8, 4) is 0 Å². The van der Waals surface area contributed by atoms with Gasteiger partial charge in [0.15, 0.2) is 0 Å². The number of hydrogen-bond donors (Lipinski definition) is 2. The number of nitrogens with zero attached hydrogens (tertiary/aromatic N) is 3. The fraction of sp³-hybridized carbons (Fsp3) is 0.0714. The highest BCUT2D eigenvalue weighted by Crippen LogP contribution is 2.27. The lowest BCUT2D eigenvalue weighted by Gasteiger charge is -2.14. The van der Waals surface area contributed by atoms with E-state index in [0.29, 0.717) is 16.4 Å². The number of fused-ring (bicyclic) bond motifs is 1. The van der Waals surface area contributed by atoms with E-state index in [4.69, 9.17) is 23.1 Å². The maximum absolute atomic E-state index is 6.25. The molecule has 0 aliphatic heterocycles. The highest BCUT2D eigenvalue weighted by Gasteiger charge is 2.14. The van der Waals surface area contributed by atoms with Gasteiger partial charge in [-0.3, -0.25) is 9.97 Å². The Morgan fingerprint density at radius 1 is 1.00 bits per heavy atom. The van der Waals surface area contributed by atoms with Crippen molar-refractivity contribution < 1.29 is 0 Å². The van der Waals surface area contributed by atoms with Gasteiger partial charge in [-0.1, -0.05) is 17.7 Å². The molecule has 1 unspecified atom stereocenters. The molecule has 0 aliphatic rings. The SMILES string of the molecule is Nc1ncc(Cl)cc1C(N)c1ccc2nccnc2c1. The number of nitrogen functional groups attached to an aromatic ring is 1. The molecule has 4 N–H and O–H groups in total. The van der Waals surface area contributed by atoms with Gasteiger partial charge in [0.25, 0.3) is 0 Å². The first-order valence-corrected chi connectivity index (χ1v) is 6.40. The van der Waals surface area contributed by atoms with Crippen molar-refractivity contribution >= 4 is 28.5 Å². The van der Waals surface area contributed by atoms with Gasteiger partial charge in [-0.15, -0.1) is 0 Å². The monoisotopic (exact) mass is 285 g/mol. The summed E-state index contributed by atoms with van der Waals surface area (Å²) in [6.07, 6.45) is 4.80. The number of rotatable bonds is 2. The van der Waals surface area contributed by atoms with Crippen LogP contribution < -0.4 is 11.5 Å². The third kappa shape index (κ3) is 2.29. The lowest BCUT2D eigenvalue weighted by molar-refractivity contribution is 0.869. The zero-order valence-electron chi connectivity index (χ0n) is 10.5. The predicted molar refractivity (Wildman–Crippen MR) is 79.2 cm³/mol. The average Bonchev–Trinajstić information content (AvgIpc) is 2.48. The molecule has 0 aliphatic carbocycles. The average molecular weight is 286 g/mol. The van der Waals surface area contributed by atoms with E-state index in [-0.39, 0.29) is 0 Å². The Kier molecular flexibility index (Phi) is 3.22. The molecule has 3 rings (SSSR count). The molecular weight excluding hydrogens is 274 g/mol. The second-order valence-electron chi connectivity index (χ2n) is 4.41. The zero-order valence-corrected chi connectivity index (χ0v) is 11.2. The Balaban J connectivity index is 2.07. The van der Waals surface area contributed by atoms with Crippen molar-refractivity contribution in [1.82, 2.24) is 15.0 Å². The van der Waals surface area contributed by atoms with Gasteiger partial charge in [0.05, 0.1) is 22.1 Å². The predicted octanol–water partition coefficient (Wildman–Crippen LogP) is 2.31. The summed E-state index contributed by atoms with van der Waals surface area (Å²) in [4.78, 5) is 12.5. The van der Waals surface area contributed by atoms with E-state index in [1.165, 1.54) is 6.20 Å². The topological polar surface area (TPSA) is 90.7 Å². The van der Waals surface area contributed by atoms with Crippen LogP contribution in [0.1, 0.15) is 17.2 Å². The summed E-state index contributed by atoms with van der Waals surface area (Å²) < 4.78 is 0. The van der Waals surface area contributed by atoms with Crippen LogP contribution in [0.15, 0.2) is 42.9 Å². The molecule has 3 aromatic rings. The maximum Gasteiger partial charge on any atom is 0.128 e. The fourth-order valence-electron chi connectivity index (χ4n) is 2.07. The second-order valence-corrected chi connectivity index (χ2v) is 4.85. The van der Waals surface area contributed by atoms with Crippen LogP contribution >= 0.6 is 11.6 Å². The van der Waals surface area contributed by atoms with Gasteiger partial charge in [-0.25, -0.2) is 4.98 Å². The van der Waals surface area contributed by atoms with Crippen LogP contribution in [0.2, 0.25) is 5.02 Å². The minimum atomic E-state index is -0.410. The van der Waals surface area contributed by atoms with Gasteiger partial charge >= 0.3 is 0 Å². The number of benzene rings is 1. The summed E-state index contributed by atoms with van der Waals surface area (Å²) in [6, 6.07) is 7.00. The van der Waals surface area contributed by atoms with Crippen LogP contribution in [0.3, 0.4) is 0 Å². The van der Waals surface area contributed by atoms with E-state index in [1.807, 2.05) is 18.2 Å². The molecule has 6 heteroatoms. The van der Waals surface area contributed by atoms with Crippen LogP contribution in [0, 0.1) is 0 Å². The van der Waals surface area contributed by atoms with Crippen LogP contribution in [-0.2, 0) is 0 Å². The molecule has 0 bridgehead atoms. The molecule has 0 saturated carbocycles. The summed E-state index contributed by atoms with van der Waals surface area (Å²) in [7, 11) is 0. The first-order valence-electron chi connectivity index (χ1n) is 6.02. The first-order chi connectivity index (χ1) is 9.65. The Morgan fingerprint density at radius 2 is 1.75 bits per heavy atom.